The molecule has 0 aromatic rings. The molecular formula is C10H15N3. The van der Waals surface area contributed by atoms with Gasteiger partial charge in [0, 0.05) is 18.4 Å². The number of hydrogen-bond acceptors (Lipinski definition) is 3. The Hall–Kier alpha value is -1.09. The fraction of sp³-hybridized carbons (Fsp3) is 0.500. The van der Waals surface area contributed by atoms with Gasteiger partial charge in [-0.1, -0.05) is 0 Å². The van der Waals surface area contributed by atoms with Crippen molar-refractivity contribution in [2.24, 2.45) is 4.99 Å². The summed E-state index contributed by atoms with van der Waals surface area (Å²) in [5.41, 5.74) is 0. The van der Waals surface area contributed by atoms with E-state index in [-0.39, 0.29) is 0 Å². The Kier molecular flexibility index (Phi) is 2.77. The van der Waals surface area contributed by atoms with Gasteiger partial charge in [-0.3, -0.25) is 0 Å². The average molecular weight is 177 g/mol. The first-order valence-electron chi connectivity index (χ1n) is 4.81. The number of aliphatic imine (C=N–C) groups is 1. The van der Waals surface area contributed by atoms with Crippen LogP contribution in [0.25, 0.3) is 0 Å². The molecule has 13 heavy (non-hydrogen) atoms. The van der Waals surface area contributed by atoms with Crippen molar-refractivity contribution in [2.75, 3.05) is 13.1 Å². The summed E-state index contributed by atoms with van der Waals surface area (Å²) in [5, 5.41) is 3.36. The number of nitrogens with one attached hydrogen (secondary N) is 1. The summed E-state index contributed by atoms with van der Waals surface area (Å²) in [4.78, 5) is 6.37. The maximum Gasteiger partial charge on any atom is 0.0947 e. The highest BCUT2D eigenvalue weighted by Gasteiger charge is 2.16. The van der Waals surface area contributed by atoms with Crippen molar-refractivity contribution in [1.29, 1.82) is 0 Å². The summed E-state index contributed by atoms with van der Waals surface area (Å²) >= 11 is 0. The summed E-state index contributed by atoms with van der Waals surface area (Å²) in [6.45, 7) is 2.24. The van der Waals surface area contributed by atoms with Crippen LogP contribution in [0.3, 0.4) is 0 Å². The summed E-state index contributed by atoms with van der Waals surface area (Å²) in [7, 11) is 0. The van der Waals surface area contributed by atoms with Crippen molar-refractivity contribution >= 4 is 6.34 Å². The lowest BCUT2D eigenvalue weighted by Crippen LogP contribution is -2.39. The van der Waals surface area contributed by atoms with Gasteiger partial charge in [-0.2, -0.15) is 0 Å². The predicted molar refractivity (Wildman–Crippen MR) is 54.5 cm³/mol. The highest BCUT2D eigenvalue weighted by atomic mass is 15.2. The first-order valence-corrected chi connectivity index (χ1v) is 4.81. The predicted octanol–water partition coefficient (Wildman–Crippen LogP) is 1.11. The van der Waals surface area contributed by atoms with E-state index in [0.29, 0.717) is 6.04 Å². The molecule has 0 aromatic carbocycles. The molecule has 2 heterocycles. The van der Waals surface area contributed by atoms with E-state index in [9.17, 15) is 0 Å². The minimum Gasteiger partial charge on any atom is -0.336 e. The molecule has 0 amide bonds. The lowest BCUT2D eigenvalue weighted by Gasteiger charge is -2.30. The third kappa shape index (κ3) is 2.18. The van der Waals surface area contributed by atoms with Crippen LogP contribution in [0, 0.1) is 0 Å². The van der Waals surface area contributed by atoms with Crippen molar-refractivity contribution in [1.82, 2.24) is 10.2 Å². The Balaban J connectivity index is 1.98. The first kappa shape index (κ1) is 8.51. The summed E-state index contributed by atoms with van der Waals surface area (Å²) in [6.07, 6.45) is 12.2. The van der Waals surface area contributed by atoms with Gasteiger partial charge >= 0.3 is 0 Å². The molecular weight excluding hydrogens is 162 g/mol. The third-order valence-electron chi connectivity index (χ3n) is 2.47. The third-order valence-corrected chi connectivity index (χ3v) is 2.47. The van der Waals surface area contributed by atoms with Crippen LogP contribution in [-0.2, 0) is 0 Å². The molecule has 0 saturated carbocycles. The topological polar surface area (TPSA) is 27.6 Å². The SMILES string of the molecule is C1=CN=CN(C2CCNCC2)C=C1. The molecule has 0 unspecified atom stereocenters. The number of piperidine rings is 1. The van der Waals surface area contributed by atoms with E-state index in [1.807, 2.05) is 24.7 Å². The lowest BCUT2D eigenvalue weighted by atomic mass is 10.1. The summed E-state index contributed by atoms with van der Waals surface area (Å²) in [5.74, 6) is 0. The van der Waals surface area contributed by atoms with Gasteiger partial charge in [0.05, 0.1) is 6.34 Å². The molecule has 3 heteroatoms. The van der Waals surface area contributed by atoms with Gasteiger partial charge in [0.2, 0.25) is 0 Å². The van der Waals surface area contributed by atoms with E-state index in [0.717, 1.165) is 13.1 Å². The maximum atomic E-state index is 4.16. The van der Waals surface area contributed by atoms with Crippen LogP contribution in [0.4, 0.5) is 0 Å². The summed E-state index contributed by atoms with van der Waals surface area (Å²) < 4.78 is 0. The number of nitrogens with zero attached hydrogens (tertiary/aromatic N) is 2. The van der Waals surface area contributed by atoms with Crippen molar-refractivity contribution < 1.29 is 0 Å². The van der Waals surface area contributed by atoms with Crippen molar-refractivity contribution in [3.8, 4) is 0 Å². The molecule has 0 spiro atoms. The van der Waals surface area contributed by atoms with Crippen LogP contribution >= 0.6 is 0 Å². The smallest absolute Gasteiger partial charge is 0.0947 e. The Morgan fingerprint density at radius 1 is 1.23 bits per heavy atom. The van der Waals surface area contributed by atoms with Crippen LogP contribution in [0.15, 0.2) is 29.5 Å². The average Bonchev–Trinajstić information content (AvgIpc) is 2.47. The number of allylic oxidation sites excluding steroid dienone is 2. The second kappa shape index (κ2) is 4.23. The molecule has 2 aliphatic heterocycles. The van der Waals surface area contributed by atoms with Gasteiger partial charge in [-0.25, -0.2) is 4.99 Å². The van der Waals surface area contributed by atoms with Crippen molar-refractivity contribution in [3.05, 3.63) is 24.6 Å². The Morgan fingerprint density at radius 3 is 2.92 bits per heavy atom. The fourth-order valence-corrected chi connectivity index (χ4v) is 1.72. The Labute approximate surface area is 78.8 Å². The zero-order valence-corrected chi connectivity index (χ0v) is 7.69. The molecule has 1 N–H and O–H groups in total. The molecule has 2 rings (SSSR count). The van der Waals surface area contributed by atoms with Gasteiger partial charge in [-0.05, 0) is 38.1 Å². The van der Waals surface area contributed by atoms with E-state index in [1.54, 1.807) is 0 Å². The molecule has 2 aliphatic rings. The van der Waals surface area contributed by atoms with Crippen LogP contribution < -0.4 is 5.32 Å². The van der Waals surface area contributed by atoms with Gasteiger partial charge in [-0.15, -0.1) is 0 Å². The van der Waals surface area contributed by atoms with E-state index in [2.05, 4.69) is 21.4 Å². The first-order chi connectivity index (χ1) is 6.47. The number of rotatable bonds is 1. The standard InChI is InChI=1S/C10H15N3/c1-2-8-13(9-12-5-1)10-3-6-11-7-4-10/h1-2,5,8-11H,3-4,6-7H2. The minimum atomic E-state index is 0.626. The van der Waals surface area contributed by atoms with E-state index >= 15 is 0 Å². The molecule has 1 fully saturated rings. The van der Waals surface area contributed by atoms with Crippen molar-refractivity contribution in [3.63, 3.8) is 0 Å². The Bertz CT molecular complexity index is 221. The van der Waals surface area contributed by atoms with Crippen molar-refractivity contribution in [2.45, 2.75) is 18.9 Å². The summed E-state index contributed by atoms with van der Waals surface area (Å²) in [6, 6.07) is 0.626. The molecule has 0 aromatic heterocycles. The molecule has 0 bridgehead atoms. The highest BCUT2D eigenvalue weighted by Crippen LogP contribution is 2.11. The highest BCUT2D eigenvalue weighted by molar-refractivity contribution is 5.59. The second-order valence-electron chi connectivity index (χ2n) is 3.38. The van der Waals surface area contributed by atoms with Gasteiger partial charge < -0.3 is 10.2 Å². The quantitative estimate of drug-likeness (QED) is 0.649. The molecule has 0 radical (unpaired) electrons. The molecule has 0 atom stereocenters. The van der Waals surface area contributed by atoms with Crippen LogP contribution in [-0.4, -0.2) is 30.4 Å². The van der Waals surface area contributed by atoms with Crippen LogP contribution in [0.5, 0.6) is 0 Å². The van der Waals surface area contributed by atoms with Gasteiger partial charge in [0.15, 0.2) is 0 Å². The monoisotopic (exact) mass is 177 g/mol. The molecule has 70 valence electrons. The fourth-order valence-electron chi connectivity index (χ4n) is 1.72. The number of hydrogen-bond donors (Lipinski definition) is 1. The maximum absolute atomic E-state index is 4.16. The molecule has 0 aliphatic carbocycles. The zero-order valence-electron chi connectivity index (χ0n) is 7.69. The normalized spacial score (nSPS) is 23.5. The van der Waals surface area contributed by atoms with Crippen LogP contribution in [0.1, 0.15) is 12.8 Å². The van der Waals surface area contributed by atoms with E-state index in [4.69, 9.17) is 0 Å². The lowest BCUT2D eigenvalue weighted by molar-refractivity contribution is 0.318. The molecule has 3 nitrogen and oxygen atoms in total. The minimum absolute atomic E-state index is 0.626. The van der Waals surface area contributed by atoms with Gasteiger partial charge in [0.1, 0.15) is 0 Å². The zero-order chi connectivity index (χ0) is 8.93. The van der Waals surface area contributed by atoms with Gasteiger partial charge in [0.25, 0.3) is 0 Å². The molecule has 1 saturated heterocycles. The van der Waals surface area contributed by atoms with Crippen LogP contribution in [0.2, 0.25) is 0 Å². The Morgan fingerprint density at radius 2 is 2.08 bits per heavy atom. The van der Waals surface area contributed by atoms with E-state index in [1.165, 1.54) is 12.8 Å². The second-order valence-corrected chi connectivity index (χ2v) is 3.38. The largest absolute Gasteiger partial charge is 0.336 e. The van der Waals surface area contributed by atoms with E-state index < -0.39 is 0 Å².